The number of carbonyl (C=O) groups is 2. The summed E-state index contributed by atoms with van der Waals surface area (Å²) >= 11 is 0. The molecule has 4 saturated carbocycles. The van der Waals surface area contributed by atoms with Gasteiger partial charge in [-0.05, 0) is 74.0 Å². The maximum atomic E-state index is 12.9. The van der Waals surface area contributed by atoms with Gasteiger partial charge in [-0.25, -0.2) is 0 Å². The minimum absolute atomic E-state index is 0.0468. The number of hydrogen-bond donors (Lipinski definition) is 2. The van der Waals surface area contributed by atoms with E-state index in [1.54, 1.807) is 0 Å². The largest absolute Gasteiger partial charge is 0.486 e. The molecule has 0 unspecified atom stereocenters. The number of fused-ring (bicyclic) bond motifs is 1. The number of nitrogens with one attached hydrogen (secondary N) is 2. The number of benzene rings is 1. The molecule has 0 aromatic heterocycles. The van der Waals surface area contributed by atoms with Crippen molar-refractivity contribution in [1.82, 2.24) is 10.6 Å². The topological polar surface area (TPSA) is 76.7 Å². The zero-order valence-corrected chi connectivity index (χ0v) is 16.2. The van der Waals surface area contributed by atoms with Crippen molar-refractivity contribution in [1.29, 1.82) is 0 Å². The molecule has 150 valence electrons. The highest BCUT2D eigenvalue weighted by atomic mass is 16.6. The lowest BCUT2D eigenvalue weighted by Gasteiger charge is -2.55. The fourth-order valence-corrected chi connectivity index (χ4v) is 6.20. The van der Waals surface area contributed by atoms with E-state index in [0.29, 0.717) is 25.5 Å². The summed E-state index contributed by atoms with van der Waals surface area (Å²) in [6.45, 7) is 1.56. The molecule has 0 atom stereocenters. The molecular weight excluding hydrogens is 356 g/mol. The van der Waals surface area contributed by atoms with Gasteiger partial charge < -0.3 is 20.1 Å². The summed E-state index contributed by atoms with van der Waals surface area (Å²) in [7, 11) is 0. The minimum atomic E-state index is -0.204. The highest BCUT2D eigenvalue weighted by molar-refractivity contribution is 5.88. The Labute approximate surface area is 165 Å². The van der Waals surface area contributed by atoms with E-state index in [0.717, 1.165) is 48.3 Å². The van der Waals surface area contributed by atoms with E-state index in [-0.39, 0.29) is 23.8 Å². The van der Waals surface area contributed by atoms with Gasteiger partial charge in [0.25, 0.3) is 0 Å². The van der Waals surface area contributed by atoms with Crippen molar-refractivity contribution < 1.29 is 19.1 Å². The molecule has 1 heterocycles. The molecule has 0 spiro atoms. The van der Waals surface area contributed by atoms with Gasteiger partial charge >= 0.3 is 0 Å². The van der Waals surface area contributed by atoms with Crippen LogP contribution in [0.1, 0.15) is 44.1 Å². The van der Waals surface area contributed by atoms with Crippen LogP contribution in [0.25, 0.3) is 0 Å². The Bertz CT molecular complexity index is 755. The monoisotopic (exact) mass is 384 g/mol. The zero-order valence-electron chi connectivity index (χ0n) is 16.2. The number of carbonyl (C=O) groups excluding carboxylic acids is 2. The third-order valence-electron chi connectivity index (χ3n) is 7.03. The van der Waals surface area contributed by atoms with Crippen LogP contribution < -0.4 is 20.1 Å². The van der Waals surface area contributed by atoms with Crippen LogP contribution in [-0.4, -0.2) is 31.6 Å². The van der Waals surface area contributed by atoms with E-state index < -0.39 is 0 Å². The average Bonchev–Trinajstić information content (AvgIpc) is 2.69. The number of amides is 2. The van der Waals surface area contributed by atoms with Crippen LogP contribution in [0.3, 0.4) is 0 Å². The second-order valence-corrected chi connectivity index (χ2v) is 9.14. The van der Waals surface area contributed by atoms with Crippen molar-refractivity contribution in [3.8, 4) is 11.5 Å². The lowest BCUT2D eigenvalue weighted by molar-refractivity contribution is -0.147. The van der Waals surface area contributed by atoms with Gasteiger partial charge in [-0.15, -0.1) is 0 Å². The first-order valence-electron chi connectivity index (χ1n) is 10.5. The summed E-state index contributed by atoms with van der Waals surface area (Å²) in [5.41, 5.74) is 0.746. The third kappa shape index (κ3) is 3.33. The second-order valence-electron chi connectivity index (χ2n) is 9.14. The Morgan fingerprint density at radius 1 is 0.929 bits per heavy atom. The molecule has 6 nitrogen and oxygen atoms in total. The van der Waals surface area contributed by atoms with Crippen molar-refractivity contribution in [2.75, 3.05) is 19.8 Å². The Hall–Kier alpha value is -2.24. The standard InChI is InChI=1S/C22H28N2O4/c25-20(23-12-14-1-2-18-19(8-14)28-4-3-27-18)13-24-21(26)22-9-15-5-16(10-22)7-17(6-15)11-22/h1-2,8,15-17H,3-7,9-13H2,(H,23,25)(H,24,26). The summed E-state index contributed by atoms with van der Waals surface area (Å²) in [5, 5.41) is 5.81. The van der Waals surface area contributed by atoms with Crippen LogP contribution in [0.2, 0.25) is 0 Å². The van der Waals surface area contributed by atoms with Crippen molar-refractivity contribution in [2.45, 2.75) is 45.1 Å². The first kappa shape index (κ1) is 17.8. The molecule has 4 fully saturated rings. The van der Waals surface area contributed by atoms with Crippen molar-refractivity contribution in [3.63, 3.8) is 0 Å². The molecule has 5 aliphatic rings. The first-order chi connectivity index (χ1) is 13.6. The highest BCUT2D eigenvalue weighted by Gasteiger charge is 2.54. The van der Waals surface area contributed by atoms with E-state index in [1.165, 1.54) is 19.3 Å². The molecule has 2 amide bonds. The summed E-state index contributed by atoms with van der Waals surface area (Å²) in [6.07, 6.45) is 6.98. The Morgan fingerprint density at radius 2 is 1.57 bits per heavy atom. The normalized spacial score (nSPS) is 32.1. The van der Waals surface area contributed by atoms with Gasteiger partial charge in [-0.2, -0.15) is 0 Å². The lowest BCUT2D eigenvalue weighted by Crippen LogP contribution is -2.54. The van der Waals surface area contributed by atoms with Gasteiger partial charge in [0.05, 0.1) is 6.54 Å². The summed E-state index contributed by atoms with van der Waals surface area (Å²) in [4.78, 5) is 25.2. The van der Waals surface area contributed by atoms with Crippen LogP contribution in [0.4, 0.5) is 0 Å². The zero-order chi connectivity index (χ0) is 19.1. The summed E-state index contributed by atoms with van der Waals surface area (Å²) in [6, 6.07) is 5.68. The minimum Gasteiger partial charge on any atom is -0.486 e. The molecule has 6 heteroatoms. The van der Waals surface area contributed by atoms with E-state index in [9.17, 15) is 9.59 Å². The molecule has 2 N–H and O–H groups in total. The fourth-order valence-electron chi connectivity index (χ4n) is 6.20. The SMILES string of the molecule is O=C(CNC(=O)C12CC3CC(CC(C3)C1)C2)NCc1ccc2c(c1)OCCO2. The van der Waals surface area contributed by atoms with E-state index in [4.69, 9.17) is 9.47 Å². The third-order valence-corrected chi connectivity index (χ3v) is 7.03. The molecule has 0 saturated heterocycles. The van der Waals surface area contributed by atoms with Crippen molar-refractivity contribution >= 4 is 11.8 Å². The number of rotatable bonds is 5. The van der Waals surface area contributed by atoms with Gasteiger partial charge in [-0.1, -0.05) is 6.07 Å². The summed E-state index contributed by atoms with van der Waals surface area (Å²) < 4.78 is 11.1. The number of ether oxygens (including phenoxy) is 2. The lowest BCUT2D eigenvalue weighted by atomic mass is 9.49. The quantitative estimate of drug-likeness (QED) is 0.817. The first-order valence-corrected chi connectivity index (χ1v) is 10.5. The van der Waals surface area contributed by atoms with E-state index in [1.807, 2.05) is 18.2 Å². The smallest absolute Gasteiger partial charge is 0.239 e. The van der Waals surface area contributed by atoms with Gasteiger partial charge in [0, 0.05) is 12.0 Å². The van der Waals surface area contributed by atoms with Crippen LogP contribution in [0.5, 0.6) is 11.5 Å². The average molecular weight is 384 g/mol. The second kappa shape index (κ2) is 6.98. The molecule has 4 bridgehead atoms. The Morgan fingerprint density at radius 3 is 2.25 bits per heavy atom. The molecule has 1 aromatic carbocycles. The predicted molar refractivity (Wildman–Crippen MR) is 103 cm³/mol. The van der Waals surface area contributed by atoms with E-state index in [2.05, 4.69) is 10.6 Å². The molecule has 4 aliphatic carbocycles. The van der Waals surface area contributed by atoms with Gasteiger partial charge in [0.2, 0.25) is 11.8 Å². The molecule has 28 heavy (non-hydrogen) atoms. The maximum Gasteiger partial charge on any atom is 0.239 e. The fraction of sp³-hybridized carbons (Fsp3) is 0.636. The van der Waals surface area contributed by atoms with Gasteiger partial charge in [0.15, 0.2) is 11.5 Å². The van der Waals surface area contributed by atoms with Crippen LogP contribution in [0, 0.1) is 23.2 Å². The van der Waals surface area contributed by atoms with Crippen molar-refractivity contribution in [3.05, 3.63) is 23.8 Å². The molecule has 0 radical (unpaired) electrons. The van der Waals surface area contributed by atoms with E-state index >= 15 is 0 Å². The van der Waals surface area contributed by atoms with Crippen LogP contribution in [0.15, 0.2) is 18.2 Å². The maximum absolute atomic E-state index is 12.9. The Balaban J connectivity index is 1.12. The molecular formula is C22H28N2O4. The number of hydrogen-bond acceptors (Lipinski definition) is 4. The van der Waals surface area contributed by atoms with Crippen LogP contribution in [-0.2, 0) is 16.1 Å². The molecule has 1 aromatic rings. The molecule has 1 aliphatic heterocycles. The Kier molecular flexibility index (Phi) is 4.44. The van der Waals surface area contributed by atoms with Gasteiger partial charge in [-0.3, -0.25) is 9.59 Å². The van der Waals surface area contributed by atoms with Crippen molar-refractivity contribution in [2.24, 2.45) is 23.2 Å². The highest BCUT2D eigenvalue weighted by Crippen LogP contribution is 2.60. The predicted octanol–water partition coefficient (Wildman–Crippen LogP) is 2.41. The molecule has 6 rings (SSSR count). The van der Waals surface area contributed by atoms with Crippen LogP contribution >= 0.6 is 0 Å². The summed E-state index contributed by atoms with van der Waals surface area (Å²) in [5.74, 6) is 3.56. The van der Waals surface area contributed by atoms with Gasteiger partial charge in [0.1, 0.15) is 13.2 Å².